The summed E-state index contributed by atoms with van der Waals surface area (Å²) in [5.41, 5.74) is 0. The number of aliphatic imine (C=N–C) groups is 1. The largest absolute Gasteiger partial charge is 0.297 e. The van der Waals surface area contributed by atoms with E-state index in [1.807, 2.05) is 0 Å². The average Bonchev–Trinajstić information content (AvgIpc) is 1.98. The third kappa shape index (κ3) is 6.08. The highest BCUT2D eigenvalue weighted by Gasteiger charge is 1.97. The molecule has 0 aliphatic rings. The van der Waals surface area contributed by atoms with Crippen LogP contribution in [0, 0.1) is 11.8 Å². The van der Waals surface area contributed by atoms with E-state index < -0.39 is 0 Å². The van der Waals surface area contributed by atoms with E-state index in [9.17, 15) is 0 Å². The van der Waals surface area contributed by atoms with E-state index in [0.29, 0.717) is 11.8 Å². The van der Waals surface area contributed by atoms with Gasteiger partial charge in [-0.25, -0.2) is 0 Å². The van der Waals surface area contributed by atoms with E-state index in [4.69, 9.17) is 0 Å². The van der Waals surface area contributed by atoms with Crippen LogP contribution in [0.4, 0.5) is 0 Å². The lowest BCUT2D eigenvalue weighted by Crippen LogP contribution is -2.00. The maximum absolute atomic E-state index is 4.39. The van der Waals surface area contributed by atoms with Gasteiger partial charge in [0.25, 0.3) is 0 Å². The normalized spacial score (nSPS) is 12.2. The fourth-order valence-corrected chi connectivity index (χ4v) is 0.920. The van der Waals surface area contributed by atoms with Crippen molar-refractivity contribution in [2.45, 2.75) is 40.5 Å². The third-order valence-corrected chi connectivity index (χ3v) is 1.84. The molecule has 0 fully saturated rings. The van der Waals surface area contributed by atoms with Gasteiger partial charge >= 0.3 is 0 Å². The first kappa shape index (κ1) is 10.7. The average molecular weight is 155 g/mol. The molecule has 0 aromatic carbocycles. The molecule has 0 atom stereocenters. The van der Waals surface area contributed by atoms with Crippen LogP contribution in [0.25, 0.3) is 0 Å². The standard InChI is InChI=1S/C10H21N/c1-5-10(6-2)8-11-7-9(3)4/h8-10H,5-7H2,1-4H3. The molecule has 0 heterocycles. The highest BCUT2D eigenvalue weighted by Crippen LogP contribution is 2.03. The fourth-order valence-electron chi connectivity index (χ4n) is 0.920. The van der Waals surface area contributed by atoms with Crippen LogP contribution < -0.4 is 0 Å². The van der Waals surface area contributed by atoms with E-state index in [1.165, 1.54) is 12.8 Å². The molecular weight excluding hydrogens is 134 g/mol. The van der Waals surface area contributed by atoms with Crippen LogP contribution in [0.15, 0.2) is 4.99 Å². The highest BCUT2D eigenvalue weighted by molar-refractivity contribution is 5.60. The van der Waals surface area contributed by atoms with Crippen molar-refractivity contribution >= 4 is 6.21 Å². The van der Waals surface area contributed by atoms with Crippen LogP contribution in [0.2, 0.25) is 0 Å². The van der Waals surface area contributed by atoms with Crippen molar-refractivity contribution < 1.29 is 0 Å². The van der Waals surface area contributed by atoms with E-state index in [1.54, 1.807) is 0 Å². The SMILES string of the molecule is CCC(C=NCC(C)C)CC. The first-order chi connectivity index (χ1) is 5.20. The van der Waals surface area contributed by atoms with E-state index in [-0.39, 0.29) is 0 Å². The molecule has 0 aliphatic carbocycles. The van der Waals surface area contributed by atoms with Crippen LogP contribution in [0.5, 0.6) is 0 Å². The Balaban J connectivity index is 3.53. The molecule has 0 N–H and O–H groups in total. The Labute approximate surface area is 70.9 Å². The summed E-state index contributed by atoms with van der Waals surface area (Å²) in [6.07, 6.45) is 4.57. The molecule has 66 valence electrons. The zero-order chi connectivity index (χ0) is 8.69. The summed E-state index contributed by atoms with van der Waals surface area (Å²) in [7, 11) is 0. The molecule has 0 radical (unpaired) electrons. The molecule has 11 heavy (non-hydrogen) atoms. The van der Waals surface area contributed by atoms with Gasteiger partial charge in [-0.3, -0.25) is 4.99 Å². The summed E-state index contributed by atoms with van der Waals surface area (Å²) in [6.45, 7) is 9.82. The second kappa shape index (κ2) is 6.38. The van der Waals surface area contributed by atoms with Gasteiger partial charge in [0.1, 0.15) is 0 Å². The van der Waals surface area contributed by atoms with Gasteiger partial charge in [0.2, 0.25) is 0 Å². The molecule has 1 nitrogen and oxygen atoms in total. The maximum atomic E-state index is 4.39. The minimum absolute atomic E-state index is 0.695. The second-order valence-corrected chi connectivity index (χ2v) is 3.48. The smallest absolute Gasteiger partial charge is 0.0408 e. The zero-order valence-corrected chi connectivity index (χ0v) is 8.30. The lowest BCUT2D eigenvalue weighted by Gasteiger charge is -2.04. The minimum atomic E-state index is 0.695. The van der Waals surface area contributed by atoms with Crippen molar-refractivity contribution in [3.63, 3.8) is 0 Å². The van der Waals surface area contributed by atoms with Gasteiger partial charge in [0.15, 0.2) is 0 Å². The minimum Gasteiger partial charge on any atom is -0.297 e. The Morgan fingerprint density at radius 3 is 2.09 bits per heavy atom. The summed E-state index contributed by atoms with van der Waals surface area (Å²) >= 11 is 0. The molecule has 0 amide bonds. The lowest BCUT2D eigenvalue weighted by molar-refractivity contribution is 0.634. The topological polar surface area (TPSA) is 12.4 Å². The molecule has 0 rings (SSSR count). The van der Waals surface area contributed by atoms with Crippen molar-refractivity contribution in [2.75, 3.05) is 6.54 Å². The second-order valence-electron chi connectivity index (χ2n) is 3.48. The van der Waals surface area contributed by atoms with Gasteiger partial charge < -0.3 is 0 Å². The predicted molar refractivity (Wildman–Crippen MR) is 52.3 cm³/mol. The van der Waals surface area contributed by atoms with Gasteiger partial charge in [-0.2, -0.15) is 0 Å². The van der Waals surface area contributed by atoms with Crippen LogP contribution in [-0.4, -0.2) is 12.8 Å². The summed E-state index contributed by atoms with van der Waals surface area (Å²) in [6, 6.07) is 0. The summed E-state index contributed by atoms with van der Waals surface area (Å²) in [5, 5.41) is 0. The first-order valence-electron chi connectivity index (χ1n) is 4.70. The summed E-state index contributed by atoms with van der Waals surface area (Å²) < 4.78 is 0. The lowest BCUT2D eigenvalue weighted by atomic mass is 10.1. The van der Waals surface area contributed by atoms with Crippen LogP contribution in [-0.2, 0) is 0 Å². The molecule has 1 heteroatoms. The molecular formula is C10H21N. The van der Waals surface area contributed by atoms with Gasteiger partial charge in [-0.1, -0.05) is 27.7 Å². The molecule has 0 saturated carbocycles. The Morgan fingerprint density at radius 1 is 1.18 bits per heavy atom. The number of hydrogen-bond donors (Lipinski definition) is 0. The zero-order valence-electron chi connectivity index (χ0n) is 8.30. The maximum Gasteiger partial charge on any atom is 0.0408 e. The summed E-state index contributed by atoms with van der Waals surface area (Å²) in [5.74, 6) is 1.40. The van der Waals surface area contributed by atoms with Crippen LogP contribution >= 0.6 is 0 Å². The van der Waals surface area contributed by atoms with Crippen molar-refractivity contribution in [1.29, 1.82) is 0 Å². The van der Waals surface area contributed by atoms with Crippen molar-refractivity contribution in [2.24, 2.45) is 16.8 Å². The highest BCUT2D eigenvalue weighted by atomic mass is 14.7. The van der Waals surface area contributed by atoms with Crippen molar-refractivity contribution in [3.05, 3.63) is 0 Å². The van der Waals surface area contributed by atoms with Gasteiger partial charge in [-0.05, 0) is 24.7 Å². The molecule has 0 saturated heterocycles. The molecule has 0 aromatic heterocycles. The van der Waals surface area contributed by atoms with Crippen LogP contribution in [0.1, 0.15) is 40.5 Å². The van der Waals surface area contributed by atoms with E-state index in [0.717, 1.165) is 6.54 Å². The number of hydrogen-bond acceptors (Lipinski definition) is 1. The molecule has 0 spiro atoms. The first-order valence-corrected chi connectivity index (χ1v) is 4.70. The van der Waals surface area contributed by atoms with Gasteiger partial charge in [0.05, 0.1) is 0 Å². The van der Waals surface area contributed by atoms with Crippen molar-refractivity contribution in [3.8, 4) is 0 Å². The Bertz CT molecular complexity index is 101. The number of nitrogens with zero attached hydrogens (tertiary/aromatic N) is 1. The molecule has 0 aromatic rings. The van der Waals surface area contributed by atoms with Gasteiger partial charge in [0, 0.05) is 12.8 Å². The Morgan fingerprint density at radius 2 is 1.73 bits per heavy atom. The van der Waals surface area contributed by atoms with E-state index in [2.05, 4.69) is 38.9 Å². The Hall–Kier alpha value is -0.330. The molecule has 0 unspecified atom stereocenters. The predicted octanol–water partition coefficient (Wildman–Crippen LogP) is 3.15. The molecule has 0 aliphatic heterocycles. The van der Waals surface area contributed by atoms with Crippen molar-refractivity contribution in [1.82, 2.24) is 0 Å². The quantitative estimate of drug-likeness (QED) is 0.541. The van der Waals surface area contributed by atoms with E-state index >= 15 is 0 Å². The Kier molecular flexibility index (Phi) is 6.19. The van der Waals surface area contributed by atoms with Gasteiger partial charge in [-0.15, -0.1) is 0 Å². The summed E-state index contributed by atoms with van der Waals surface area (Å²) in [4.78, 5) is 4.39. The fraction of sp³-hybridized carbons (Fsp3) is 0.900. The number of rotatable bonds is 5. The third-order valence-electron chi connectivity index (χ3n) is 1.84. The monoisotopic (exact) mass is 155 g/mol. The molecule has 0 bridgehead atoms. The van der Waals surface area contributed by atoms with Crippen LogP contribution in [0.3, 0.4) is 0 Å².